The lowest BCUT2D eigenvalue weighted by atomic mass is 10.1. The van der Waals surface area contributed by atoms with E-state index in [1.807, 2.05) is 18.3 Å². The molecular weight excluding hydrogens is 224 g/mol. The highest BCUT2D eigenvalue weighted by molar-refractivity contribution is 5.20. The van der Waals surface area contributed by atoms with E-state index in [0.29, 0.717) is 6.10 Å². The second-order valence-corrected chi connectivity index (χ2v) is 5.65. The van der Waals surface area contributed by atoms with E-state index in [0.717, 1.165) is 30.8 Å². The summed E-state index contributed by atoms with van der Waals surface area (Å²) in [6, 6.07) is 4.03. The van der Waals surface area contributed by atoms with Crippen molar-refractivity contribution in [2.45, 2.75) is 65.6 Å². The van der Waals surface area contributed by atoms with E-state index in [-0.39, 0.29) is 5.54 Å². The molecule has 0 aliphatic carbocycles. The van der Waals surface area contributed by atoms with Crippen LogP contribution < -0.4 is 10.1 Å². The van der Waals surface area contributed by atoms with Crippen LogP contribution in [-0.2, 0) is 6.54 Å². The van der Waals surface area contributed by atoms with Crippen LogP contribution >= 0.6 is 0 Å². The summed E-state index contributed by atoms with van der Waals surface area (Å²) in [5.41, 5.74) is 1.16. The van der Waals surface area contributed by atoms with Crippen molar-refractivity contribution in [3.8, 4) is 5.75 Å². The maximum atomic E-state index is 5.83. The number of rotatable bonds is 6. The summed E-state index contributed by atoms with van der Waals surface area (Å²) in [4.78, 5) is 4.42. The Morgan fingerprint density at radius 3 is 2.33 bits per heavy atom. The summed E-state index contributed by atoms with van der Waals surface area (Å²) in [5.74, 6) is 0.864. The monoisotopic (exact) mass is 250 g/mol. The topological polar surface area (TPSA) is 34.1 Å². The number of hydrogen-bond acceptors (Lipinski definition) is 3. The van der Waals surface area contributed by atoms with Crippen molar-refractivity contribution in [1.29, 1.82) is 0 Å². The molecule has 0 unspecified atom stereocenters. The zero-order valence-electron chi connectivity index (χ0n) is 12.3. The Bertz CT molecular complexity index is 337. The SMILES string of the molecule is CCC(CC)Oc1ccc(CNC(C)(C)C)nc1. The molecule has 1 aromatic heterocycles. The van der Waals surface area contributed by atoms with E-state index < -0.39 is 0 Å². The van der Waals surface area contributed by atoms with Gasteiger partial charge in [0.05, 0.1) is 18.0 Å². The molecule has 1 N–H and O–H groups in total. The van der Waals surface area contributed by atoms with Gasteiger partial charge in [-0.05, 0) is 45.7 Å². The fourth-order valence-electron chi connectivity index (χ4n) is 1.59. The van der Waals surface area contributed by atoms with E-state index >= 15 is 0 Å². The zero-order chi connectivity index (χ0) is 13.6. The maximum absolute atomic E-state index is 5.83. The molecule has 0 atom stereocenters. The highest BCUT2D eigenvalue weighted by atomic mass is 16.5. The molecule has 0 fully saturated rings. The van der Waals surface area contributed by atoms with Gasteiger partial charge in [0.15, 0.2) is 0 Å². The van der Waals surface area contributed by atoms with Crippen LogP contribution in [0.2, 0.25) is 0 Å². The molecule has 102 valence electrons. The van der Waals surface area contributed by atoms with Crippen LogP contribution in [0.1, 0.15) is 53.2 Å². The molecule has 0 amide bonds. The van der Waals surface area contributed by atoms with E-state index in [2.05, 4.69) is 44.9 Å². The Kier molecular flexibility index (Phi) is 5.60. The number of nitrogens with zero attached hydrogens (tertiary/aromatic N) is 1. The lowest BCUT2D eigenvalue weighted by Crippen LogP contribution is -2.35. The van der Waals surface area contributed by atoms with Crippen molar-refractivity contribution in [3.05, 3.63) is 24.0 Å². The third kappa shape index (κ3) is 5.50. The summed E-state index contributed by atoms with van der Waals surface area (Å²) in [6.45, 7) is 11.5. The normalized spacial score (nSPS) is 11.9. The van der Waals surface area contributed by atoms with Gasteiger partial charge in [0.2, 0.25) is 0 Å². The van der Waals surface area contributed by atoms with Crippen LogP contribution in [0.15, 0.2) is 18.3 Å². The van der Waals surface area contributed by atoms with E-state index in [9.17, 15) is 0 Å². The number of nitrogens with one attached hydrogen (secondary N) is 1. The lowest BCUT2D eigenvalue weighted by molar-refractivity contribution is 0.192. The van der Waals surface area contributed by atoms with Crippen LogP contribution in [0.5, 0.6) is 5.75 Å². The third-order valence-corrected chi connectivity index (χ3v) is 2.81. The largest absolute Gasteiger partial charge is 0.489 e. The molecule has 1 heterocycles. The Balaban J connectivity index is 2.52. The van der Waals surface area contributed by atoms with Gasteiger partial charge in [-0.15, -0.1) is 0 Å². The smallest absolute Gasteiger partial charge is 0.138 e. The van der Waals surface area contributed by atoms with Crippen molar-refractivity contribution in [2.24, 2.45) is 0 Å². The van der Waals surface area contributed by atoms with Crippen molar-refractivity contribution < 1.29 is 4.74 Å². The van der Waals surface area contributed by atoms with Crippen molar-refractivity contribution in [2.75, 3.05) is 0 Å². The lowest BCUT2D eigenvalue weighted by Gasteiger charge is -2.20. The fourth-order valence-corrected chi connectivity index (χ4v) is 1.59. The van der Waals surface area contributed by atoms with Crippen LogP contribution in [0.3, 0.4) is 0 Å². The van der Waals surface area contributed by atoms with Gasteiger partial charge in [0, 0.05) is 12.1 Å². The van der Waals surface area contributed by atoms with E-state index in [1.165, 1.54) is 0 Å². The van der Waals surface area contributed by atoms with Gasteiger partial charge in [0.1, 0.15) is 5.75 Å². The van der Waals surface area contributed by atoms with E-state index in [1.54, 1.807) is 0 Å². The summed E-state index contributed by atoms with van der Waals surface area (Å²) in [7, 11) is 0. The zero-order valence-corrected chi connectivity index (χ0v) is 12.3. The van der Waals surface area contributed by atoms with Gasteiger partial charge < -0.3 is 10.1 Å². The average Bonchev–Trinajstić information content (AvgIpc) is 2.34. The summed E-state index contributed by atoms with van der Waals surface area (Å²) < 4.78 is 5.83. The highest BCUT2D eigenvalue weighted by Crippen LogP contribution is 2.14. The minimum absolute atomic E-state index is 0.117. The Hall–Kier alpha value is -1.09. The highest BCUT2D eigenvalue weighted by Gasteiger charge is 2.09. The van der Waals surface area contributed by atoms with Gasteiger partial charge in [-0.3, -0.25) is 4.98 Å². The quantitative estimate of drug-likeness (QED) is 0.838. The number of aromatic nitrogens is 1. The van der Waals surface area contributed by atoms with Crippen molar-refractivity contribution in [1.82, 2.24) is 10.3 Å². The first-order chi connectivity index (χ1) is 8.44. The molecule has 0 saturated carbocycles. The molecule has 18 heavy (non-hydrogen) atoms. The molecular formula is C15H26N2O. The second-order valence-electron chi connectivity index (χ2n) is 5.65. The number of hydrogen-bond donors (Lipinski definition) is 1. The van der Waals surface area contributed by atoms with Gasteiger partial charge in [-0.2, -0.15) is 0 Å². The molecule has 0 aromatic carbocycles. The van der Waals surface area contributed by atoms with Crippen LogP contribution in [0.4, 0.5) is 0 Å². The van der Waals surface area contributed by atoms with Gasteiger partial charge >= 0.3 is 0 Å². The minimum atomic E-state index is 0.117. The second kappa shape index (κ2) is 6.74. The molecule has 3 nitrogen and oxygen atoms in total. The molecule has 1 rings (SSSR count). The average molecular weight is 250 g/mol. The Morgan fingerprint density at radius 1 is 1.22 bits per heavy atom. The fraction of sp³-hybridized carbons (Fsp3) is 0.667. The molecule has 1 aromatic rings. The van der Waals surface area contributed by atoms with Crippen LogP contribution in [-0.4, -0.2) is 16.6 Å². The standard InChI is InChI=1S/C15H26N2O/c1-6-13(7-2)18-14-9-8-12(16-11-14)10-17-15(3,4)5/h8-9,11,13,17H,6-7,10H2,1-5H3. The number of pyridine rings is 1. The summed E-state index contributed by atoms with van der Waals surface area (Å²) >= 11 is 0. The predicted octanol–water partition coefficient (Wildman–Crippen LogP) is 3.54. The predicted molar refractivity (Wildman–Crippen MR) is 75.8 cm³/mol. The van der Waals surface area contributed by atoms with Crippen molar-refractivity contribution in [3.63, 3.8) is 0 Å². The van der Waals surface area contributed by atoms with Gasteiger partial charge in [-0.25, -0.2) is 0 Å². The van der Waals surface area contributed by atoms with Gasteiger partial charge in [0.25, 0.3) is 0 Å². The Labute approximate surface area is 111 Å². The molecule has 0 radical (unpaired) electrons. The molecule has 0 bridgehead atoms. The molecule has 0 saturated heterocycles. The molecule has 0 spiro atoms. The van der Waals surface area contributed by atoms with E-state index in [4.69, 9.17) is 4.74 Å². The first-order valence-corrected chi connectivity index (χ1v) is 6.81. The minimum Gasteiger partial charge on any atom is -0.489 e. The summed E-state index contributed by atoms with van der Waals surface area (Å²) in [5, 5.41) is 3.42. The van der Waals surface area contributed by atoms with Crippen LogP contribution in [0.25, 0.3) is 0 Å². The van der Waals surface area contributed by atoms with Crippen molar-refractivity contribution >= 4 is 0 Å². The Morgan fingerprint density at radius 2 is 1.89 bits per heavy atom. The molecule has 0 aliphatic heterocycles. The van der Waals surface area contributed by atoms with Crippen LogP contribution in [0, 0.1) is 0 Å². The third-order valence-electron chi connectivity index (χ3n) is 2.81. The molecule has 3 heteroatoms. The summed E-state index contributed by atoms with van der Waals surface area (Å²) in [6.07, 6.45) is 4.18. The first kappa shape index (κ1) is 15.0. The molecule has 0 aliphatic rings. The first-order valence-electron chi connectivity index (χ1n) is 6.81. The number of ether oxygens (including phenoxy) is 1. The van der Waals surface area contributed by atoms with Gasteiger partial charge in [-0.1, -0.05) is 13.8 Å². The maximum Gasteiger partial charge on any atom is 0.138 e.